The molecular formula is C26H33N3O6. The third-order valence-electron chi connectivity index (χ3n) is 5.48. The Morgan fingerprint density at radius 2 is 1.71 bits per heavy atom. The number of aromatic nitrogens is 1. The van der Waals surface area contributed by atoms with Crippen molar-refractivity contribution in [2.24, 2.45) is 0 Å². The summed E-state index contributed by atoms with van der Waals surface area (Å²) < 4.78 is 17.2. The SMILES string of the molecule is CC(C)(C)OC(=O)N1Cc2cccnc2N(C(=O)OC(C)(C)C)c2ccc(C3CC(O)CO3)cc21. The molecule has 9 heteroatoms. The minimum atomic E-state index is -0.739. The minimum absolute atomic E-state index is 0.141. The number of rotatable bonds is 1. The van der Waals surface area contributed by atoms with Gasteiger partial charge in [0.25, 0.3) is 0 Å². The number of nitrogens with zero attached hydrogens (tertiary/aromatic N) is 3. The highest BCUT2D eigenvalue weighted by Crippen LogP contribution is 2.43. The third kappa shape index (κ3) is 5.57. The lowest BCUT2D eigenvalue weighted by Gasteiger charge is -2.30. The summed E-state index contributed by atoms with van der Waals surface area (Å²) >= 11 is 0. The van der Waals surface area contributed by atoms with Gasteiger partial charge in [0, 0.05) is 18.2 Å². The van der Waals surface area contributed by atoms with Crippen molar-refractivity contribution in [2.75, 3.05) is 16.4 Å². The zero-order chi connectivity index (χ0) is 25.5. The molecule has 0 spiro atoms. The molecule has 188 valence electrons. The molecule has 0 aliphatic carbocycles. The second kappa shape index (κ2) is 9.13. The minimum Gasteiger partial charge on any atom is -0.443 e. The maximum atomic E-state index is 13.5. The van der Waals surface area contributed by atoms with Gasteiger partial charge in [-0.1, -0.05) is 12.1 Å². The molecule has 2 aromatic rings. The number of ether oxygens (including phenoxy) is 3. The van der Waals surface area contributed by atoms with Crippen LogP contribution in [-0.2, 0) is 20.8 Å². The van der Waals surface area contributed by atoms with Crippen LogP contribution in [0.25, 0.3) is 0 Å². The maximum Gasteiger partial charge on any atom is 0.420 e. The number of amides is 2. The summed E-state index contributed by atoms with van der Waals surface area (Å²) in [5.41, 5.74) is 0.890. The number of anilines is 3. The summed E-state index contributed by atoms with van der Waals surface area (Å²) in [6, 6.07) is 8.98. The maximum absolute atomic E-state index is 13.5. The van der Waals surface area contributed by atoms with Gasteiger partial charge in [-0.2, -0.15) is 0 Å². The summed E-state index contributed by atoms with van der Waals surface area (Å²) in [4.78, 5) is 34.2. The summed E-state index contributed by atoms with van der Waals surface area (Å²) in [6.45, 7) is 11.2. The quantitative estimate of drug-likeness (QED) is 0.592. The molecule has 2 atom stereocenters. The van der Waals surface area contributed by atoms with E-state index in [4.69, 9.17) is 14.2 Å². The molecule has 0 bridgehead atoms. The predicted octanol–water partition coefficient (Wildman–Crippen LogP) is 5.23. The second-order valence-electron chi connectivity index (χ2n) is 10.8. The lowest BCUT2D eigenvalue weighted by molar-refractivity contribution is 0.0570. The van der Waals surface area contributed by atoms with Crippen molar-refractivity contribution >= 4 is 29.4 Å². The average Bonchev–Trinajstić information content (AvgIpc) is 3.10. The molecule has 1 N–H and O–H groups in total. The van der Waals surface area contributed by atoms with Crippen LogP contribution in [0.4, 0.5) is 26.8 Å². The normalized spacial score (nSPS) is 20.1. The zero-order valence-electron chi connectivity index (χ0n) is 21.1. The molecule has 1 saturated heterocycles. The highest BCUT2D eigenvalue weighted by Gasteiger charge is 2.37. The van der Waals surface area contributed by atoms with Crippen LogP contribution in [0.15, 0.2) is 36.5 Å². The summed E-state index contributed by atoms with van der Waals surface area (Å²) in [7, 11) is 0. The van der Waals surface area contributed by atoms with E-state index in [0.29, 0.717) is 29.2 Å². The van der Waals surface area contributed by atoms with Crippen molar-refractivity contribution < 1.29 is 28.9 Å². The van der Waals surface area contributed by atoms with E-state index < -0.39 is 29.5 Å². The van der Waals surface area contributed by atoms with Crippen molar-refractivity contribution in [3.63, 3.8) is 0 Å². The molecule has 2 amide bonds. The Bertz CT molecular complexity index is 1120. The first-order valence-corrected chi connectivity index (χ1v) is 11.7. The summed E-state index contributed by atoms with van der Waals surface area (Å²) in [5.74, 6) is 0.384. The molecule has 9 nitrogen and oxygen atoms in total. The van der Waals surface area contributed by atoms with Crippen molar-refractivity contribution in [2.45, 2.75) is 77.9 Å². The number of benzene rings is 1. The lowest BCUT2D eigenvalue weighted by Crippen LogP contribution is -2.37. The van der Waals surface area contributed by atoms with E-state index in [-0.39, 0.29) is 19.3 Å². The van der Waals surface area contributed by atoms with Crippen molar-refractivity contribution in [3.8, 4) is 0 Å². The number of carbonyl (C=O) groups excluding carboxylic acids is 2. The fourth-order valence-electron chi connectivity index (χ4n) is 4.09. The van der Waals surface area contributed by atoms with Crippen molar-refractivity contribution in [3.05, 3.63) is 47.7 Å². The van der Waals surface area contributed by atoms with Crippen LogP contribution in [0, 0.1) is 0 Å². The first-order chi connectivity index (χ1) is 16.3. The number of fused-ring (bicyclic) bond motifs is 2. The van der Waals surface area contributed by atoms with Crippen LogP contribution in [0.3, 0.4) is 0 Å². The fraction of sp³-hybridized carbons (Fsp3) is 0.500. The van der Waals surface area contributed by atoms with Gasteiger partial charge in [-0.3, -0.25) is 4.90 Å². The van der Waals surface area contributed by atoms with Gasteiger partial charge in [0.1, 0.15) is 17.0 Å². The lowest BCUT2D eigenvalue weighted by atomic mass is 10.0. The Kier molecular flexibility index (Phi) is 6.50. The van der Waals surface area contributed by atoms with Crippen LogP contribution in [0.5, 0.6) is 0 Å². The molecule has 3 heterocycles. The van der Waals surface area contributed by atoms with Gasteiger partial charge in [0.15, 0.2) is 0 Å². The second-order valence-corrected chi connectivity index (χ2v) is 10.8. The molecule has 2 aliphatic heterocycles. The van der Waals surface area contributed by atoms with Crippen LogP contribution >= 0.6 is 0 Å². The number of pyridine rings is 1. The molecule has 1 aromatic heterocycles. The van der Waals surface area contributed by atoms with Crippen LogP contribution in [-0.4, -0.2) is 46.2 Å². The molecule has 35 heavy (non-hydrogen) atoms. The van der Waals surface area contributed by atoms with E-state index in [2.05, 4.69) is 4.98 Å². The number of aliphatic hydroxyl groups excluding tert-OH is 1. The van der Waals surface area contributed by atoms with Crippen LogP contribution in [0.2, 0.25) is 0 Å². The molecule has 0 radical (unpaired) electrons. The number of carbonyl (C=O) groups is 2. The highest BCUT2D eigenvalue weighted by atomic mass is 16.6. The van der Waals surface area contributed by atoms with E-state index in [0.717, 1.165) is 5.56 Å². The Balaban J connectivity index is 1.88. The van der Waals surface area contributed by atoms with E-state index in [1.165, 1.54) is 9.80 Å². The van der Waals surface area contributed by atoms with Crippen molar-refractivity contribution in [1.29, 1.82) is 0 Å². The Morgan fingerprint density at radius 3 is 2.34 bits per heavy atom. The molecular weight excluding hydrogens is 450 g/mol. The Morgan fingerprint density at radius 1 is 1.03 bits per heavy atom. The molecule has 1 aromatic carbocycles. The van der Waals surface area contributed by atoms with Gasteiger partial charge in [0.2, 0.25) is 0 Å². The smallest absolute Gasteiger partial charge is 0.420 e. The van der Waals surface area contributed by atoms with Crippen molar-refractivity contribution in [1.82, 2.24) is 4.98 Å². The average molecular weight is 484 g/mol. The van der Waals surface area contributed by atoms with Gasteiger partial charge < -0.3 is 19.3 Å². The largest absolute Gasteiger partial charge is 0.443 e. The first kappa shape index (κ1) is 24.9. The number of hydrogen-bond donors (Lipinski definition) is 1. The summed E-state index contributed by atoms with van der Waals surface area (Å²) in [6.07, 6.45) is 0.0142. The monoisotopic (exact) mass is 483 g/mol. The highest BCUT2D eigenvalue weighted by molar-refractivity contribution is 6.04. The van der Waals surface area contributed by atoms with Gasteiger partial charge in [-0.15, -0.1) is 0 Å². The molecule has 2 aliphatic rings. The van der Waals surface area contributed by atoms with E-state index in [9.17, 15) is 14.7 Å². The topological polar surface area (TPSA) is 101 Å². The first-order valence-electron chi connectivity index (χ1n) is 11.7. The predicted molar refractivity (Wildman–Crippen MR) is 131 cm³/mol. The summed E-state index contributed by atoms with van der Waals surface area (Å²) in [5, 5.41) is 9.97. The fourth-order valence-corrected chi connectivity index (χ4v) is 4.09. The molecule has 1 fully saturated rings. The van der Waals surface area contributed by atoms with Crippen LogP contribution in [0.1, 0.15) is 65.2 Å². The van der Waals surface area contributed by atoms with Crippen LogP contribution < -0.4 is 9.80 Å². The van der Waals surface area contributed by atoms with Gasteiger partial charge in [-0.25, -0.2) is 19.5 Å². The Labute approximate surface area is 205 Å². The third-order valence-corrected chi connectivity index (χ3v) is 5.48. The van der Waals surface area contributed by atoms with E-state index in [1.54, 1.807) is 59.9 Å². The number of hydrogen-bond acceptors (Lipinski definition) is 7. The molecule has 4 rings (SSSR count). The zero-order valence-corrected chi connectivity index (χ0v) is 21.1. The van der Waals surface area contributed by atoms with Gasteiger partial charge in [0.05, 0.1) is 36.7 Å². The Hall–Kier alpha value is -3.17. The number of aliphatic hydroxyl groups is 1. The van der Waals surface area contributed by atoms with Gasteiger partial charge in [-0.05, 0) is 65.3 Å². The van der Waals surface area contributed by atoms with Gasteiger partial charge >= 0.3 is 12.2 Å². The van der Waals surface area contributed by atoms with E-state index in [1.807, 2.05) is 18.2 Å². The molecule has 2 unspecified atom stereocenters. The van der Waals surface area contributed by atoms with E-state index >= 15 is 0 Å². The molecule has 0 saturated carbocycles. The standard InChI is InChI=1S/C26H33N3O6/c1-25(2,3)34-23(31)28-14-17-8-7-11-27-22(17)29(24(32)35-26(4,5)6)19-10-9-16(12-20(19)28)21-13-18(30)15-33-21/h7-12,18,21,30H,13-15H2,1-6H3.